The second kappa shape index (κ2) is 6.73. The Bertz CT molecular complexity index is 807. The van der Waals surface area contributed by atoms with Crippen molar-refractivity contribution in [3.8, 4) is 0 Å². The number of amides is 1. The molecule has 0 spiro atoms. The Morgan fingerprint density at radius 2 is 1.87 bits per heavy atom. The summed E-state index contributed by atoms with van der Waals surface area (Å²) >= 11 is 0. The molecule has 0 unspecified atom stereocenters. The quantitative estimate of drug-likeness (QED) is 0.404. The first-order valence-electron chi connectivity index (χ1n) is 6.25. The second-order valence-corrected chi connectivity index (χ2v) is 4.40. The Kier molecular flexibility index (Phi) is 4.75. The van der Waals surface area contributed by atoms with Gasteiger partial charge in [0.1, 0.15) is 0 Å². The summed E-state index contributed by atoms with van der Waals surface area (Å²) in [4.78, 5) is 21.7. The third-order valence-corrected chi connectivity index (χ3v) is 2.80. The molecule has 0 fully saturated rings. The zero-order chi connectivity index (χ0) is 17.0. The van der Waals surface area contributed by atoms with Crippen LogP contribution in [0.5, 0.6) is 0 Å². The van der Waals surface area contributed by atoms with Gasteiger partial charge < -0.3 is 5.32 Å². The lowest BCUT2D eigenvalue weighted by atomic mass is 10.2. The number of nitro groups is 1. The smallest absolute Gasteiger partial charge is 0.270 e. The highest BCUT2D eigenvalue weighted by molar-refractivity contribution is 6.02. The number of nitrogens with zero attached hydrogens (tertiary/aromatic N) is 1. The monoisotopic (exact) mass is 322 g/mol. The highest BCUT2D eigenvalue weighted by Crippen LogP contribution is 2.20. The van der Waals surface area contributed by atoms with Crippen molar-refractivity contribution in [3.05, 3.63) is 75.6 Å². The van der Waals surface area contributed by atoms with E-state index in [0.717, 1.165) is 12.1 Å². The number of nitrogens with one attached hydrogen (secondary N) is 1. The van der Waals surface area contributed by atoms with Crippen molar-refractivity contribution in [1.82, 2.24) is 0 Å². The molecule has 0 atom stereocenters. The summed E-state index contributed by atoms with van der Waals surface area (Å²) in [5.41, 5.74) is -0.295. The maximum atomic E-state index is 13.4. The van der Waals surface area contributed by atoms with Crippen LogP contribution in [-0.2, 0) is 4.79 Å². The largest absolute Gasteiger partial charge is 0.320 e. The van der Waals surface area contributed by atoms with Gasteiger partial charge in [-0.15, -0.1) is 0 Å². The third-order valence-electron chi connectivity index (χ3n) is 2.80. The van der Waals surface area contributed by atoms with Crippen LogP contribution in [0.4, 0.5) is 24.5 Å². The third kappa shape index (κ3) is 3.94. The van der Waals surface area contributed by atoms with E-state index >= 15 is 0 Å². The van der Waals surface area contributed by atoms with Crippen molar-refractivity contribution < 1.29 is 22.9 Å². The molecular weight excluding hydrogens is 313 g/mol. The summed E-state index contributed by atoms with van der Waals surface area (Å²) in [6.45, 7) is 0. The average molecular weight is 322 g/mol. The molecule has 0 heterocycles. The Morgan fingerprint density at radius 3 is 2.57 bits per heavy atom. The molecule has 0 saturated heterocycles. The van der Waals surface area contributed by atoms with Gasteiger partial charge in [0.15, 0.2) is 17.5 Å². The fraction of sp³-hybridized carbons (Fsp3) is 0. The number of halogens is 3. The van der Waals surface area contributed by atoms with E-state index in [2.05, 4.69) is 0 Å². The van der Waals surface area contributed by atoms with E-state index in [1.165, 1.54) is 30.3 Å². The molecule has 2 aromatic rings. The standard InChI is InChI=1S/C15H9F3N2O3/c16-11-5-6-12(15(18)14(11)17)19-13(21)7-4-9-2-1-3-10(8-9)20(22)23/h1-8H,(H,19,21). The molecular formula is C15H9F3N2O3. The maximum Gasteiger partial charge on any atom is 0.270 e. The fourth-order valence-corrected chi connectivity index (χ4v) is 1.71. The van der Waals surface area contributed by atoms with Crippen LogP contribution in [0, 0.1) is 27.6 Å². The molecule has 1 N–H and O–H groups in total. The van der Waals surface area contributed by atoms with Crippen molar-refractivity contribution in [1.29, 1.82) is 0 Å². The molecule has 118 valence electrons. The van der Waals surface area contributed by atoms with Crippen LogP contribution in [0.1, 0.15) is 5.56 Å². The Hall–Kier alpha value is -3.16. The zero-order valence-corrected chi connectivity index (χ0v) is 11.4. The van der Waals surface area contributed by atoms with E-state index in [1.807, 2.05) is 5.32 Å². The minimum absolute atomic E-state index is 0.154. The highest BCUT2D eigenvalue weighted by atomic mass is 19.2. The average Bonchev–Trinajstić information content (AvgIpc) is 2.54. The molecule has 0 aliphatic rings. The molecule has 23 heavy (non-hydrogen) atoms. The molecule has 0 radical (unpaired) electrons. The predicted molar refractivity (Wildman–Crippen MR) is 77.1 cm³/mol. The van der Waals surface area contributed by atoms with Gasteiger partial charge in [0.05, 0.1) is 10.6 Å². The first kappa shape index (κ1) is 16.2. The summed E-state index contributed by atoms with van der Waals surface area (Å²) in [6, 6.07) is 7.04. The predicted octanol–water partition coefficient (Wildman–Crippen LogP) is 3.66. The van der Waals surface area contributed by atoms with Crippen molar-refractivity contribution >= 4 is 23.4 Å². The van der Waals surface area contributed by atoms with Gasteiger partial charge in [0, 0.05) is 18.2 Å². The number of nitro benzene ring substituents is 1. The Morgan fingerprint density at radius 1 is 1.13 bits per heavy atom. The van der Waals surface area contributed by atoms with Gasteiger partial charge in [-0.25, -0.2) is 13.2 Å². The number of non-ortho nitro benzene ring substituents is 1. The molecule has 0 aromatic heterocycles. The van der Waals surface area contributed by atoms with Crippen LogP contribution in [-0.4, -0.2) is 10.8 Å². The first-order valence-corrected chi connectivity index (χ1v) is 6.25. The van der Waals surface area contributed by atoms with Crippen LogP contribution in [0.3, 0.4) is 0 Å². The van der Waals surface area contributed by atoms with Gasteiger partial charge in [0.2, 0.25) is 5.91 Å². The van der Waals surface area contributed by atoms with E-state index < -0.39 is 34.0 Å². The first-order chi connectivity index (χ1) is 10.9. The number of anilines is 1. The lowest BCUT2D eigenvalue weighted by molar-refractivity contribution is -0.384. The molecule has 2 rings (SSSR count). The van der Waals surface area contributed by atoms with Crippen LogP contribution in [0.15, 0.2) is 42.5 Å². The lowest BCUT2D eigenvalue weighted by Crippen LogP contribution is -2.10. The summed E-state index contributed by atoms with van der Waals surface area (Å²) < 4.78 is 39.2. The minimum atomic E-state index is -1.69. The summed E-state index contributed by atoms with van der Waals surface area (Å²) in [6.07, 6.45) is 2.25. The number of hydrogen-bond donors (Lipinski definition) is 1. The van der Waals surface area contributed by atoms with E-state index in [-0.39, 0.29) is 5.69 Å². The molecule has 8 heteroatoms. The Balaban J connectivity index is 2.12. The fourth-order valence-electron chi connectivity index (χ4n) is 1.71. The zero-order valence-electron chi connectivity index (χ0n) is 11.4. The van der Waals surface area contributed by atoms with Crippen molar-refractivity contribution in [2.75, 3.05) is 5.32 Å². The van der Waals surface area contributed by atoms with Crippen molar-refractivity contribution in [2.45, 2.75) is 0 Å². The summed E-state index contributed by atoms with van der Waals surface area (Å²) in [5, 5.41) is 12.7. The lowest BCUT2D eigenvalue weighted by Gasteiger charge is -2.04. The van der Waals surface area contributed by atoms with Gasteiger partial charge in [-0.1, -0.05) is 12.1 Å². The molecule has 2 aromatic carbocycles. The van der Waals surface area contributed by atoms with E-state index in [9.17, 15) is 28.1 Å². The normalized spacial score (nSPS) is 10.7. The van der Waals surface area contributed by atoms with Crippen molar-refractivity contribution in [3.63, 3.8) is 0 Å². The number of carbonyl (C=O) groups is 1. The highest BCUT2D eigenvalue weighted by Gasteiger charge is 2.14. The van der Waals surface area contributed by atoms with Gasteiger partial charge in [-0.2, -0.15) is 0 Å². The van der Waals surface area contributed by atoms with Gasteiger partial charge in [-0.05, 0) is 23.8 Å². The number of carbonyl (C=O) groups excluding carboxylic acids is 1. The molecule has 0 bridgehead atoms. The van der Waals surface area contributed by atoms with Crippen LogP contribution >= 0.6 is 0 Å². The SMILES string of the molecule is O=C(C=Cc1cccc([N+](=O)[O-])c1)Nc1ccc(F)c(F)c1F. The number of rotatable bonds is 4. The van der Waals surface area contributed by atoms with Crippen LogP contribution in [0.2, 0.25) is 0 Å². The second-order valence-electron chi connectivity index (χ2n) is 4.40. The van der Waals surface area contributed by atoms with Crippen LogP contribution < -0.4 is 5.32 Å². The molecule has 0 aliphatic heterocycles. The topological polar surface area (TPSA) is 72.2 Å². The number of hydrogen-bond acceptors (Lipinski definition) is 3. The molecule has 0 saturated carbocycles. The van der Waals surface area contributed by atoms with Crippen LogP contribution in [0.25, 0.3) is 6.08 Å². The van der Waals surface area contributed by atoms with E-state index in [1.54, 1.807) is 0 Å². The van der Waals surface area contributed by atoms with E-state index in [4.69, 9.17) is 0 Å². The molecule has 0 aliphatic carbocycles. The van der Waals surface area contributed by atoms with Gasteiger partial charge in [-0.3, -0.25) is 14.9 Å². The molecule has 5 nitrogen and oxygen atoms in total. The Labute approximate surface area is 128 Å². The van der Waals surface area contributed by atoms with E-state index in [0.29, 0.717) is 11.6 Å². The van der Waals surface area contributed by atoms with Gasteiger partial charge >= 0.3 is 0 Å². The molecule has 1 amide bonds. The van der Waals surface area contributed by atoms with Gasteiger partial charge in [0.25, 0.3) is 5.69 Å². The minimum Gasteiger partial charge on any atom is -0.320 e. The van der Waals surface area contributed by atoms with Crippen molar-refractivity contribution in [2.24, 2.45) is 0 Å². The summed E-state index contributed by atoms with van der Waals surface area (Å²) in [5.74, 6) is -5.37. The number of benzene rings is 2. The maximum absolute atomic E-state index is 13.4. The summed E-state index contributed by atoms with van der Waals surface area (Å²) in [7, 11) is 0.